The lowest BCUT2D eigenvalue weighted by atomic mass is 9.95. The molecule has 7 nitrogen and oxygen atoms in total. The number of ether oxygens (including phenoxy) is 1. The van der Waals surface area contributed by atoms with Crippen LogP contribution in [-0.4, -0.2) is 31.3 Å². The molecule has 0 bridgehead atoms. The Morgan fingerprint density at radius 3 is 2.32 bits per heavy atom. The van der Waals surface area contributed by atoms with Crippen LogP contribution in [0.5, 0.6) is 28.7 Å². The first-order valence-electron chi connectivity index (χ1n) is 6.35. The van der Waals surface area contributed by atoms with Gasteiger partial charge in [-0.25, -0.2) is 0 Å². The molecule has 7 heteroatoms. The van der Waals surface area contributed by atoms with Gasteiger partial charge in [-0.1, -0.05) is 0 Å². The van der Waals surface area contributed by atoms with Gasteiger partial charge in [-0.3, -0.25) is 4.79 Å². The molecule has 1 aliphatic heterocycles. The summed E-state index contributed by atoms with van der Waals surface area (Å²) >= 11 is 0. The molecule has 2 aromatic rings. The summed E-state index contributed by atoms with van der Waals surface area (Å²) < 4.78 is 5.31. The Bertz CT molecular complexity index is 795. The van der Waals surface area contributed by atoms with Crippen LogP contribution in [0.2, 0.25) is 0 Å². The Kier molecular flexibility index (Phi) is 3.07. The molecule has 0 aliphatic carbocycles. The molecule has 2 aromatic carbocycles. The number of aliphatic hydroxyl groups is 1. The van der Waals surface area contributed by atoms with E-state index in [9.17, 15) is 25.2 Å². The van der Waals surface area contributed by atoms with Gasteiger partial charge in [-0.05, 0) is 17.7 Å². The molecule has 0 atom stereocenters. The fraction of sp³-hybridized carbons (Fsp3) is 0.133. The SMILES string of the molecule is O=C1c2c(O)cc(CO)cc2COc2c(O)c(O)cc(O)c21. The van der Waals surface area contributed by atoms with Crippen LogP contribution in [-0.2, 0) is 13.2 Å². The quantitative estimate of drug-likeness (QED) is 0.394. The molecule has 1 aliphatic rings. The number of aliphatic hydroxyl groups excluding tert-OH is 1. The maximum Gasteiger partial charge on any atom is 0.204 e. The van der Waals surface area contributed by atoms with Crippen molar-refractivity contribution in [2.24, 2.45) is 0 Å². The van der Waals surface area contributed by atoms with E-state index >= 15 is 0 Å². The second kappa shape index (κ2) is 4.81. The molecule has 0 saturated carbocycles. The van der Waals surface area contributed by atoms with E-state index in [2.05, 4.69) is 0 Å². The van der Waals surface area contributed by atoms with Gasteiger partial charge < -0.3 is 30.3 Å². The second-order valence-electron chi connectivity index (χ2n) is 4.89. The average molecular weight is 304 g/mol. The second-order valence-corrected chi connectivity index (χ2v) is 4.89. The zero-order chi connectivity index (χ0) is 16.0. The summed E-state index contributed by atoms with van der Waals surface area (Å²) in [7, 11) is 0. The lowest BCUT2D eigenvalue weighted by molar-refractivity contribution is 0.103. The fourth-order valence-electron chi connectivity index (χ4n) is 2.47. The molecule has 22 heavy (non-hydrogen) atoms. The maximum absolute atomic E-state index is 12.6. The summed E-state index contributed by atoms with van der Waals surface area (Å²) in [4.78, 5) is 12.6. The van der Waals surface area contributed by atoms with Crippen LogP contribution in [0.15, 0.2) is 18.2 Å². The Hall–Kier alpha value is -2.93. The maximum atomic E-state index is 12.6. The van der Waals surface area contributed by atoms with Crippen molar-refractivity contribution in [2.75, 3.05) is 0 Å². The summed E-state index contributed by atoms with van der Waals surface area (Å²) in [6.07, 6.45) is 0. The van der Waals surface area contributed by atoms with E-state index < -0.39 is 23.0 Å². The molecule has 0 fully saturated rings. The van der Waals surface area contributed by atoms with Gasteiger partial charge in [0, 0.05) is 11.6 Å². The molecule has 5 N–H and O–H groups in total. The topological polar surface area (TPSA) is 127 Å². The van der Waals surface area contributed by atoms with Crippen molar-refractivity contribution in [2.45, 2.75) is 13.2 Å². The summed E-state index contributed by atoms with van der Waals surface area (Å²) in [6.45, 7) is -0.523. The van der Waals surface area contributed by atoms with Gasteiger partial charge in [0.1, 0.15) is 23.7 Å². The predicted molar refractivity (Wildman–Crippen MR) is 73.2 cm³/mol. The lowest BCUT2D eigenvalue weighted by Crippen LogP contribution is -2.05. The number of carbonyl (C=O) groups excluding carboxylic acids is 1. The van der Waals surface area contributed by atoms with Crippen LogP contribution in [0, 0.1) is 0 Å². The molecular weight excluding hydrogens is 292 g/mol. The lowest BCUT2D eigenvalue weighted by Gasteiger charge is -2.11. The Balaban J connectivity index is 2.28. The molecule has 3 rings (SSSR count). The van der Waals surface area contributed by atoms with Crippen LogP contribution < -0.4 is 4.74 Å². The minimum Gasteiger partial charge on any atom is -0.507 e. The number of hydrogen-bond donors (Lipinski definition) is 5. The van der Waals surface area contributed by atoms with E-state index in [-0.39, 0.29) is 35.8 Å². The smallest absolute Gasteiger partial charge is 0.204 e. The van der Waals surface area contributed by atoms with Gasteiger partial charge in [0.2, 0.25) is 11.5 Å². The number of carbonyl (C=O) groups is 1. The first-order valence-corrected chi connectivity index (χ1v) is 6.35. The summed E-state index contributed by atoms with van der Waals surface area (Å²) in [5, 5.41) is 48.4. The van der Waals surface area contributed by atoms with Crippen LogP contribution >= 0.6 is 0 Å². The average Bonchev–Trinajstić information content (AvgIpc) is 2.62. The largest absolute Gasteiger partial charge is 0.507 e. The van der Waals surface area contributed by atoms with Crippen molar-refractivity contribution in [1.82, 2.24) is 0 Å². The molecule has 0 saturated heterocycles. The van der Waals surface area contributed by atoms with E-state index in [1.165, 1.54) is 12.1 Å². The number of aromatic hydroxyl groups is 4. The first-order chi connectivity index (χ1) is 10.4. The molecule has 1 heterocycles. The van der Waals surface area contributed by atoms with E-state index in [1.54, 1.807) is 0 Å². The highest BCUT2D eigenvalue weighted by molar-refractivity contribution is 6.15. The number of hydrogen-bond acceptors (Lipinski definition) is 7. The third-order valence-corrected chi connectivity index (χ3v) is 3.48. The van der Waals surface area contributed by atoms with Crippen molar-refractivity contribution in [3.63, 3.8) is 0 Å². The highest BCUT2D eigenvalue weighted by Gasteiger charge is 2.31. The van der Waals surface area contributed by atoms with Crippen molar-refractivity contribution in [3.05, 3.63) is 40.5 Å². The Morgan fingerprint density at radius 2 is 1.64 bits per heavy atom. The number of fused-ring (bicyclic) bond motifs is 2. The monoisotopic (exact) mass is 304 g/mol. The van der Waals surface area contributed by atoms with Gasteiger partial charge in [-0.15, -0.1) is 0 Å². The van der Waals surface area contributed by atoms with Crippen molar-refractivity contribution >= 4 is 5.78 Å². The zero-order valence-corrected chi connectivity index (χ0v) is 11.2. The Morgan fingerprint density at radius 1 is 0.955 bits per heavy atom. The number of rotatable bonds is 1. The first kappa shape index (κ1) is 14.0. The van der Waals surface area contributed by atoms with E-state index in [0.29, 0.717) is 11.1 Å². The van der Waals surface area contributed by atoms with Gasteiger partial charge in [0.05, 0.1) is 12.2 Å². The van der Waals surface area contributed by atoms with Crippen molar-refractivity contribution in [3.8, 4) is 28.7 Å². The van der Waals surface area contributed by atoms with Crippen LogP contribution in [0.1, 0.15) is 27.0 Å². The normalized spacial score (nSPS) is 13.0. The summed E-state index contributed by atoms with van der Waals surface area (Å²) in [5.74, 6) is -3.35. The highest BCUT2D eigenvalue weighted by Crippen LogP contribution is 2.47. The van der Waals surface area contributed by atoms with Gasteiger partial charge >= 0.3 is 0 Å². The molecule has 0 radical (unpaired) electrons. The van der Waals surface area contributed by atoms with Gasteiger partial charge in [0.25, 0.3) is 0 Å². The number of benzene rings is 2. The number of ketones is 1. The highest BCUT2D eigenvalue weighted by atomic mass is 16.5. The summed E-state index contributed by atoms with van der Waals surface area (Å²) in [6, 6.07) is 3.53. The van der Waals surface area contributed by atoms with E-state index in [4.69, 9.17) is 9.84 Å². The molecule has 0 unspecified atom stereocenters. The molecule has 0 amide bonds. The number of phenolic OH excluding ortho intramolecular Hbond substituents is 4. The van der Waals surface area contributed by atoms with Gasteiger partial charge in [0.15, 0.2) is 11.5 Å². The number of phenols is 4. The van der Waals surface area contributed by atoms with Crippen molar-refractivity contribution < 1.29 is 35.1 Å². The minimum atomic E-state index is -0.753. The van der Waals surface area contributed by atoms with Crippen molar-refractivity contribution in [1.29, 1.82) is 0 Å². The molecule has 114 valence electrons. The zero-order valence-electron chi connectivity index (χ0n) is 11.2. The Labute approximate surface area is 124 Å². The molecule has 0 aromatic heterocycles. The van der Waals surface area contributed by atoms with Crippen LogP contribution in [0.4, 0.5) is 0 Å². The third-order valence-electron chi connectivity index (χ3n) is 3.48. The molecule has 0 spiro atoms. The predicted octanol–water partition coefficient (Wildman–Crippen LogP) is 1.12. The van der Waals surface area contributed by atoms with Crippen LogP contribution in [0.25, 0.3) is 0 Å². The van der Waals surface area contributed by atoms with E-state index in [0.717, 1.165) is 6.07 Å². The summed E-state index contributed by atoms with van der Waals surface area (Å²) in [5.41, 5.74) is 0.246. The van der Waals surface area contributed by atoms with Gasteiger partial charge in [-0.2, -0.15) is 0 Å². The minimum absolute atomic E-state index is 0.0867. The molecular formula is C15H12O7. The fourth-order valence-corrected chi connectivity index (χ4v) is 2.47. The van der Waals surface area contributed by atoms with E-state index in [1.807, 2.05) is 0 Å². The van der Waals surface area contributed by atoms with Crippen LogP contribution in [0.3, 0.4) is 0 Å². The standard InChI is InChI=1S/C15H12O7/c16-4-6-1-7-5-22-15-12(9(18)3-10(19)13(15)20)14(21)11(7)8(17)2-6/h1-3,16-20H,4-5H2. The third kappa shape index (κ3) is 1.91.